The molecular weight excluding hydrogens is 382 g/mol. The van der Waals surface area contributed by atoms with E-state index in [4.69, 9.17) is 4.74 Å². The summed E-state index contributed by atoms with van der Waals surface area (Å²) in [6, 6.07) is 7.59. The van der Waals surface area contributed by atoms with Gasteiger partial charge in [-0.25, -0.2) is 4.79 Å². The highest BCUT2D eigenvalue weighted by Crippen LogP contribution is 2.46. The van der Waals surface area contributed by atoms with E-state index >= 15 is 0 Å². The lowest BCUT2D eigenvalue weighted by Crippen LogP contribution is -2.34. The highest BCUT2D eigenvalue weighted by atomic mass is 33.1. The Kier molecular flexibility index (Phi) is 5.81. The molecule has 3 rings (SSSR count). The van der Waals surface area contributed by atoms with Gasteiger partial charge in [-0.05, 0) is 12.5 Å². The van der Waals surface area contributed by atoms with Gasteiger partial charge in [0.2, 0.25) is 0 Å². The number of aliphatic hydroxyl groups excluding tert-OH is 1. The Hall–Kier alpha value is -2.08. The maximum absolute atomic E-state index is 12.0. The standard InChI is InChI=1S/C15H15N3O6S2/c19-8-9-7-12(14(24-9)17-6-5-13(20)16-15(17)21)26-25-11-4-2-1-3-10(11)18(22)23/h1-6,9,12,14,19H,7-8H2,(H,16,20,21)/t9-,12?,14+/m0/s1. The van der Waals surface area contributed by atoms with E-state index in [0.717, 1.165) is 0 Å². The van der Waals surface area contributed by atoms with E-state index in [1.54, 1.807) is 18.2 Å². The minimum atomic E-state index is -0.697. The van der Waals surface area contributed by atoms with Gasteiger partial charge in [0.25, 0.3) is 11.2 Å². The molecule has 26 heavy (non-hydrogen) atoms. The van der Waals surface area contributed by atoms with Crippen molar-refractivity contribution in [3.63, 3.8) is 0 Å². The lowest BCUT2D eigenvalue weighted by Gasteiger charge is -2.19. The van der Waals surface area contributed by atoms with E-state index in [1.807, 2.05) is 0 Å². The number of aromatic nitrogens is 2. The maximum atomic E-state index is 12.0. The molecule has 3 atom stereocenters. The van der Waals surface area contributed by atoms with E-state index in [1.165, 1.54) is 44.5 Å². The number of nitrogens with one attached hydrogen (secondary N) is 1. The fourth-order valence-electron chi connectivity index (χ4n) is 2.58. The number of H-pyrrole nitrogens is 1. The molecular formula is C15H15N3O6S2. The number of rotatable bonds is 6. The number of benzene rings is 1. The zero-order valence-corrected chi connectivity index (χ0v) is 14.9. The van der Waals surface area contributed by atoms with Crippen LogP contribution in [0.5, 0.6) is 0 Å². The first-order valence-electron chi connectivity index (χ1n) is 7.64. The van der Waals surface area contributed by atoms with Crippen molar-refractivity contribution in [1.82, 2.24) is 9.55 Å². The molecule has 1 fully saturated rings. The number of nitro groups is 1. The minimum Gasteiger partial charge on any atom is -0.394 e. The lowest BCUT2D eigenvalue weighted by molar-refractivity contribution is -0.387. The zero-order valence-electron chi connectivity index (χ0n) is 13.3. The second kappa shape index (κ2) is 8.08. The molecule has 2 aromatic rings. The van der Waals surface area contributed by atoms with Crippen LogP contribution in [0, 0.1) is 10.1 Å². The predicted octanol–water partition coefficient (Wildman–Crippen LogP) is 1.53. The molecule has 1 unspecified atom stereocenters. The summed E-state index contributed by atoms with van der Waals surface area (Å²) in [6.07, 6.45) is 0.652. The first kappa shape index (κ1) is 18.7. The summed E-state index contributed by atoms with van der Waals surface area (Å²) in [7, 11) is 2.55. The summed E-state index contributed by atoms with van der Waals surface area (Å²) in [6.45, 7) is -0.207. The van der Waals surface area contributed by atoms with E-state index in [9.17, 15) is 24.8 Å². The molecule has 1 aliphatic heterocycles. The van der Waals surface area contributed by atoms with Gasteiger partial charge in [-0.2, -0.15) is 0 Å². The van der Waals surface area contributed by atoms with Gasteiger partial charge in [-0.3, -0.25) is 24.5 Å². The van der Waals surface area contributed by atoms with Crippen LogP contribution in [-0.2, 0) is 4.74 Å². The molecule has 0 spiro atoms. The van der Waals surface area contributed by atoms with Crippen molar-refractivity contribution in [3.05, 3.63) is 67.5 Å². The fraction of sp³-hybridized carbons (Fsp3) is 0.333. The Morgan fingerprint density at radius 3 is 2.81 bits per heavy atom. The second-order valence-electron chi connectivity index (χ2n) is 5.53. The van der Waals surface area contributed by atoms with Crippen LogP contribution in [0.3, 0.4) is 0 Å². The smallest absolute Gasteiger partial charge is 0.330 e. The van der Waals surface area contributed by atoms with Gasteiger partial charge in [0, 0.05) is 18.3 Å². The first-order chi connectivity index (χ1) is 12.5. The van der Waals surface area contributed by atoms with Crippen molar-refractivity contribution in [3.8, 4) is 0 Å². The SMILES string of the molecule is O=c1ccn([C@@H]2O[C@H](CO)CC2SSc2ccccc2[N+](=O)[O-])c(=O)[nH]1. The average molecular weight is 397 g/mol. The second-order valence-corrected chi connectivity index (χ2v) is 8.01. The topological polar surface area (TPSA) is 127 Å². The average Bonchev–Trinajstić information content (AvgIpc) is 3.03. The number of nitro benzene ring substituents is 1. The molecule has 0 aliphatic carbocycles. The molecule has 1 aromatic carbocycles. The number of aromatic amines is 1. The van der Waals surface area contributed by atoms with Crippen LogP contribution in [0.1, 0.15) is 12.6 Å². The van der Waals surface area contributed by atoms with Crippen molar-refractivity contribution in [2.75, 3.05) is 6.61 Å². The van der Waals surface area contributed by atoms with E-state index < -0.39 is 28.5 Å². The summed E-state index contributed by atoms with van der Waals surface area (Å²) < 4.78 is 6.98. The Balaban J connectivity index is 1.82. The first-order valence-corrected chi connectivity index (χ1v) is 9.85. The normalized spacial score (nSPS) is 22.4. The fourth-order valence-corrected chi connectivity index (χ4v) is 5.38. The maximum Gasteiger partial charge on any atom is 0.330 e. The molecule has 0 bridgehead atoms. The molecule has 0 saturated carbocycles. The van der Waals surface area contributed by atoms with Gasteiger partial charge >= 0.3 is 5.69 Å². The summed E-state index contributed by atoms with van der Waals surface area (Å²) >= 11 is 0. The number of hydrogen-bond acceptors (Lipinski definition) is 8. The van der Waals surface area contributed by atoms with Gasteiger partial charge in [0.15, 0.2) is 6.23 Å². The van der Waals surface area contributed by atoms with Crippen molar-refractivity contribution in [2.24, 2.45) is 0 Å². The molecule has 11 heteroatoms. The van der Waals surface area contributed by atoms with Gasteiger partial charge in [0.05, 0.1) is 27.8 Å². The molecule has 0 radical (unpaired) electrons. The summed E-state index contributed by atoms with van der Waals surface area (Å²) in [5.41, 5.74) is -1.12. The van der Waals surface area contributed by atoms with Crippen LogP contribution in [0.25, 0.3) is 0 Å². The molecule has 138 valence electrons. The largest absolute Gasteiger partial charge is 0.394 e. The van der Waals surface area contributed by atoms with Crippen molar-refractivity contribution >= 4 is 27.3 Å². The third kappa shape index (κ3) is 4.01. The summed E-state index contributed by atoms with van der Waals surface area (Å²) in [5.74, 6) is 0. The quantitative estimate of drug-likeness (QED) is 0.427. The molecule has 0 amide bonds. The van der Waals surface area contributed by atoms with E-state index in [0.29, 0.717) is 11.3 Å². The lowest BCUT2D eigenvalue weighted by atomic mass is 10.2. The van der Waals surface area contributed by atoms with Gasteiger partial charge in [-0.15, -0.1) is 0 Å². The minimum absolute atomic E-state index is 0.000353. The number of ether oxygens (including phenoxy) is 1. The third-order valence-electron chi connectivity index (χ3n) is 3.80. The highest BCUT2D eigenvalue weighted by molar-refractivity contribution is 8.77. The van der Waals surface area contributed by atoms with Crippen LogP contribution in [0.4, 0.5) is 5.69 Å². The predicted molar refractivity (Wildman–Crippen MR) is 97.3 cm³/mol. The molecule has 2 heterocycles. The molecule has 9 nitrogen and oxygen atoms in total. The summed E-state index contributed by atoms with van der Waals surface area (Å²) in [5, 5.41) is 20.3. The Morgan fingerprint density at radius 2 is 2.12 bits per heavy atom. The van der Waals surface area contributed by atoms with Crippen LogP contribution in [0.2, 0.25) is 0 Å². The van der Waals surface area contributed by atoms with Crippen LogP contribution < -0.4 is 11.2 Å². The van der Waals surface area contributed by atoms with E-state index in [-0.39, 0.29) is 17.5 Å². The zero-order chi connectivity index (χ0) is 18.7. The van der Waals surface area contributed by atoms with Gasteiger partial charge in [-0.1, -0.05) is 33.7 Å². The monoisotopic (exact) mass is 397 g/mol. The van der Waals surface area contributed by atoms with Crippen molar-refractivity contribution in [1.29, 1.82) is 0 Å². The van der Waals surface area contributed by atoms with E-state index in [2.05, 4.69) is 4.98 Å². The molecule has 1 aliphatic rings. The number of hydrogen-bond donors (Lipinski definition) is 2. The van der Waals surface area contributed by atoms with Crippen LogP contribution in [0.15, 0.2) is 51.0 Å². The Labute approximate surface area is 154 Å². The van der Waals surface area contributed by atoms with Crippen LogP contribution >= 0.6 is 21.6 Å². The number of nitrogens with zero attached hydrogens (tertiary/aromatic N) is 2. The van der Waals surface area contributed by atoms with Crippen LogP contribution in [-0.4, -0.2) is 37.5 Å². The van der Waals surface area contributed by atoms with Gasteiger partial charge in [0.1, 0.15) is 0 Å². The number of aliphatic hydroxyl groups is 1. The van der Waals surface area contributed by atoms with Crippen molar-refractivity contribution < 1.29 is 14.8 Å². The highest BCUT2D eigenvalue weighted by Gasteiger charge is 2.37. The Morgan fingerprint density at radius 1 is 1.35 bits per heavy atom. The third-order valence-corrected chi connectivity index (χ3v) is 6.66. The summed E-state index contributed by atoms with van der Waals surface area (Å²) in [4.78, 5) is 36.6. The van der Waals surface area contributed by atoms with Gasteiger partial charge < -0.3 is 9.84 Å². The van der Waals surface area contributed by atoms with Crippen molar-refractivity contribution in [2.45, 2.75) is 28.9 Å². The molecule has 2 N–H and O–H groups in total. The molecule has 1 aromatic heterocycles. The Bertz CT molecular complexity index is 914. The molecule has 1 saturated heterocycles. The number of para-hydroxylation sites is 1.